The number of nitrogens with one attached hydrogen (secondary N) is 1. The zero-order chi connectivity index (χ0) is 27.2. The van der Waals surface area contributed by atoms with Gasteiger partial charge in [-0.3, -0.25) is 0 Å². The molecule has 4 aromatic rings. The van der Waals surface area contributed by atoms with E-state index in [2.05, 4.69) is 19.9 Å². The Labute approximate surface area is 238 Å². The van der Waals surface area contributed by atoms with Crippen molar-refractivity contribution < 1.29 is 14.3 Å². The average Bonchev–Trinajstić information content (AvgIpc) is 3.39. The van der Waals surface area contributed by atoms with Gasteiger partial charge in [0.25, 0.3) is 0 Å². The quantitative estimate of drug-likeness (QED) is 0.270. The van der Waals surface area contributed by atoms with Crippen molar-refractivity contribution in [3.8, 4) is 5.75 Å². The summed E-state index contributed by atoms with van der Waals surface area (Å²) < 4.78 is 8.57. The zero-order valence-corrected chi connectivity index (χ0v) is 24.1. The number of hydrogen-bond donors (Lipinski definition) is 2. The first kappa shape index (κ1) is 27.0. The number of nitrogens with zero attached hydrogens (tertiary/aromatic N) is 3. The van der Waals surface area contributed by atoms with E-state index in [4.69, 9.17) is 22.1 Å². The van der Waals surface area contributed by atoms with E-state index in [1.54, 1.807) is 30.6 Å². The van der Waals surface area contributed by atoms with E-state index in [0.29, 0.717) is 27.6 Å². The standard InChI is InChI=1S/C29H29AsClN5O3/c31-21-6-4-19(5-7-21)14-26(28(32)37)35-29(38)24-3-1-2-23-25(10-13-39-27(23)24)30-15-22-16-34-18-36(22)17-20-8-11-33-12-9-20/h1-9,11-12,16,18,25-26,30H,10,13-15,17H2,(H2,32,37)(H,35,38). The fraction of sp³-hybridized carbons (Fsp3) is 0.241. The number of primary amides is 1. The van der Waals surface area contributed by atoms with Crippen molar-refractivity contribution in [2.45, 2.75) is 35.3 Å². The van der Waals surface area contributed by atoms with Gasteiger partial charge < -0.3 is 0 Å². The summed E-state index contributed by atoms with van der Waals surface area (Å²) in [4.78, 5) is 34.0. The normalized spacial score (nSPS) is 15.5. The third kappa shape index (κ3) is 6.70. The number of nitrogens with two attached hydrogens (primary N) is 1. The number of halogens is 1. The Morgan fingerprint density at radius 3 is 2.67 bits per heavy atom. The Balaban J connectivity index is 1.28. The fourth-order valence-corrected chi connectivity index (χ4v) is 7.99. The molecule has 0 spiro atoms. The molecule has 8 nitrogen and oxygen atoms in total. The van der Waals surface area contributed by atoms with Crippen LogP contribution in [0, 0.1) is 0 Å². The van der Waals surface area contributed by atoms with Crippen molar-refractivity contribution in [3.05, 3.63) is 112 Å². The second-order valence-electron chi connectivity index (χ2n) is 9.42. The Morgan fingerprint density at radius 2 is 1.90 bits per heavy atom. The molecule has 1 aliphatic heterocycles. The van der Waals surface area contributed by atoms with Crippen molar-refractivity contribution in [1.29, 1.82) is 0 Å². The summed E-state index contributed by atoms with van der Waals surface area (Å²) in [7, 11) is 0. The second kappa shape index (κ2) is 12.5. The molecule has 5 rings (SSSR count). The summed E-state index contributed by atoms with van der Waals surface area (Å²) >= 11 is 5.51. The van der Waals surface area contributed by atoms with Crippen molar-refractivity contribution in [3.63, 3.8) is 0 Å². The Bertz CT molecular complexity index is 1450. The summed E-state index contributed by atoms with van der Waals surface area (Å²) in [5, 5.41) is 4.38. The van der Waals surface area contributed by atoms with Crippen LogP contribution in [0.25, 0.3) is 0 Å². The Hall–Kier alpha value is -3.61. The van der Waals surface area contributed by atoms with Crippen LogP contribution in [0.5, 0.6) is 5.75 Å². The summed E-state index contributed by atoms with van der Waals surface area (Å²) in [5.41, 5.74) is 10.4. The van der Waals surface area contributed by atoms with Crippen molar-refractivity contribution in [2.75, 3.05) is 6.61 Å². The molecule has 39 heavy (non-hydrogen) atoms. The van der Waals surface area contributed by atoms with Gasteiger partial charge in [0.15, 0.2) is 0 Å². The minimum absolute atomic E-state index is 0.274. The second-order valence-corrected chi connectivity index (χ2v) is 12.9. The number of rotatable bonds is 10. The number of carbonyl (C=O) groups excluding carboxylic acids is 2. The number of aromatic nitrogens is 3. The molecule has 0 radical (unpaired) electrons. The molecule has 3 N–H and O–H groups in total. The van der Waals surface area contributed by atoms with Crippen molar-refractivity contribution >= 4 is 39.2 Å². The van der Waals surface area contributed by atoms with Gasteiger partial charge in [-0.05, 0) is 0 Å². The third-order valence-corrected chi connectivity index (χ3v) is 10.5. The molecule has 0 aliphatic carbocycles. The van der Waals surface area contributed by atoms with Gasteiger partial charge in [0, 0.05) is 0 Å². The van der Waals surface area contributed by atoms with Gasteiger partial charge >= 0.3 is 228 Å². The number of hydrogen-bond acceptors (Lipinski definition) is 5. The van der Waals surface area contributed by atoms with E-state index in [1.807, 2.05) is 48.9 Å². The molecule has 10 heteroatoms. The third-order valence-electron chi connectivity index (χ3n) is 6.75. The SMILES string of the molecule is NC(=O)C(Cc1ccc(Cl)cc1)NC(=O)c1cccc2c1OCCC2[AsH]Cc1cncn1Cc1ccncc1. The van der Waals surface area contributed by atoms with E-state index in [-0.39, 0.29) is 12.3 Å². The van der Waals surface area contributed by atoms with Gasteiger partial charge in [0.05, 0.1) is 0 Å². The van der Waals surface area contributed by atoms with Crippen LogP contribution in [-0.2, 0) is 23.0 Å². The Morgan fingerprint density at radius 1 is 1.10 bits per heavy atom. The molecule has 0 saturated heterocycles. The number of fused-ring (bicyclic) bond motifs is 1. The maximum absolute atomic E-state index is 13.3. The average molecular weight is 606 g/mol. The monoisotopic (exact) mass is 605 g/mol. The number of amides is 2. The molecule has 3 unspecified atom stereocenters. The molecule has 0 fully saturated rings. The van der Waals surface area contributed by atoms with E-state index in [1.165, 1.54) is 11.3 Å². The van der Waals surface area contributed by atoms with Crippen LogP contribution in [-0.4, -0.2) is 54.8 Å². The molecule has 2 amide bonds. The number of para-hydroxylation sites is 1. The number of benzene rings is 2. The summed E-state index contributed by atoms with van der Waals surface area (Å²) in [6.45, 7) is 1.31. The van der Waals surface area contributed by atoms with Crippen LogP contribution in [0.2, 0.25) is 5.02 Å². The molecule has 3 atom stereocenters. The first-order valence-corrected chi connectivity index (χ1v) is 15.8. The van der Waals surface area contributed by atoms with Crippen LogP contribution in [0.4, 0.5) is 0 Å². The molecular weight excluding hydrogens is 577 g/mol. The molecular formula is C29H29AsClN5O3. The van der Waals surface area contributed by atoms with Gasteiger partial charge in [0.2, 0.25) is 0 Å². The van der Waals surface area contributed by atoms with Gasteiger partial charge in [0.1, 0.15) is 0 Å². The number of pyridine rings is 1. The van der Waals surface area contributed by atoms with Gasteiger partial charge in [-0.1, -0.05) is 11.6 Å². The zero-order valence-electron chi connectivity index (χ0n) is 21.2. The fourth-order valence-electron chi connectivity index (χ4n) is 4.68. The number of ether oxygens (including phenoxy) is 1. The van der Waals surface area contributed by atoms with Crippen molar-refractivity contribution in [1.82, 2.24) is 19.9 Å². The van der Waals surface area contributed by atoms with Crippen LogP contribution in [0.1, 0.15) is 43.9 Å². The molecule has 1 aliphatic rings. The molecule has 2 aromatic carbocycles. The molecule has 0 saturated carbocycles. The summed E-state index contributed by atoms with van der Waals surface area (Å²) in [6, 6.07) is 16.0. The molecule has 2 aromatic heterocycles. The van der Waals surface area contributed by atoms with Crippen molar-refractivity contribution in [2.24, 2.45) is 5.73 Å². The van der Waals surface area contributed by atoms with Crippen LogP contribution in [0.15, 0.2) is 79.5 Å². The predicted molar refractivity (Wildman–Crippen MR) is 151 cm³/mol. The predicted octanol–water partition coefficient (Wildman–Crippen LogP) is 3.27. The van der Waals surface area contributed by atoms with Crippen LogP contribution < -0.4 is 15.8 Å². The topological polar surface area (TPSA) is 112 Å². The van der Waals surface area contributed by atoms with E-state index >= 15 is 0 Å². The van der Waals surface area contributed by atoms with Gasteiger partial charge in [-0.2, -0.15) is 0 Å². The van der Waals surface area contributed by atoms with Gasteiger partial charge in [-0.25, -0.2) is 0 Å². The van der Waals surface area contributed by atoms with E-state index in [9.17, 15) is 9.59 Å². The summed E-state index contributed by atoms with van der Waals surface area (Å²) in [6.07, 6.45) is 8.61. The van der Waals surface area contributed by atoms with Crippen LogP contribution in [0.3, 0.4) is 0 Å². The van der Waals surface area contributed by atoms with E-state index in [0.717, 1.165) is 29.3 Å². The molecule has 200 valence electrons. The summed E-state index contributed by atoms with van der Waals surface area (Å²) in [5.74, 6) is -0.368. The van der Waals surface area contributed by atoms with Crippen LogP contribution >= 0.6 is 11.6 Å². The molecule has 0 bridgehead atoms. The first-order valence-electron chi connectivity index (χ1n) is 12.7. The first-order chi connectivity index (χ1) is 19.0. The van der Waals surface area contributed by atoms with E-state index < -0.39 is 27.7 Å². The number of imidazole rings is 1. The van der Waals surface area contributed by atoms with Gasteiger partial charge in [-0.15, -0.1) is 0 Å². The maximum atomic E-state index is 13.3. The minimum atomic E-state index is -0.858. The Kier molecular flexibility index (Phi) is 8.64. The molecule has 3 heterocycles. The number of carbonyl (C=O) groups is 2.